The summed E-state index contributed by atoms with van der Waals surface area (Å²) in [6.45, 7) is -0.480. The van der Waals surface area contributed by atoms with Crippen molar-refractivity contribution in [2.24, 2.45) is 10.2 Å². The molecule has 3 aromatic rings. The van der Waals surface area contributed by atoms with E-state index in [9.17, 15) is 9.59 Å². The Hall–Kier alpha value is -4.40. The van der Waals surface area contributed by atoms with E-state index in [2.05, 4.69) is 15.5 Å². The Morgan fingerprint density at radius 2 is 1.39 bits per heavy atom. The molecule has 9 nitrogen and oxygen atoms in total. The van der Waals surface area contributed by atoms with Gasteiger partial charge in [0.05, 0.1) is 32.7 Å². The minimum Gasteiger partial charge on any atom is -0.493 e. The third kappa shape index (κ3) is 6.07. The Bertz CT molecular complexity index is 1130. The Morgan fingerprint density at radius 1 is 0.758 bits per heavy atom. The van der Waals surface area contributed by atoms with Crippen LogP contribution in [0.15, 0.2) is 77.0 Å². The minimum atomic E-state index is -0.736. The van der Waals surface area contributed by atoms with Crippen LogP contribution < -0.4 is 19.5 Å². The van der Waals surface area contributed by atoms with Crippen LogP contribution in [0, 0.1) is 0 Å². The van der Waals surface area contributed by atoms with Crippen molar-refractivity contribution in [1.29, 1.82) is 0 Å². The fourth-order valence-corrected chi connectivity index (χ4v) is 2.89. The van der Waals surface area contributed by atoms with Crippen LogP contribution in [-0.4, -0.2) is 39.8 Å². The van der Waals surface area contributed by atoms with E-state index in [0.717, 1.165) is 5.69 Å². The zero-order valence-corrected chi connectivity index (χ0v) is 18.4. The summed E-state index contributed by atoms with van der Waals surface area (Å²) in [5.41, 5.74) is 2.00. The van der Waals surface area contributed by atoms with Crippen LogP contribution >= 0.6 is 0 Å². The lowest BCUT2D eigenvalue weighted by Crippen LogP contribution is -2.21. The van der Waals surface area contributed by atoms with Gasteiger partial charge in [0.15, 0.2) is 18.1 Å². The van der Waals surface area contributed by atoms with Crippen molar-refractivity contribution >= 4 is 28.9 Å². The highest BCUT2D eigenvalue weighted by Crippen LogP contribution is 2.39. The van der Waals surface area contributed by atoms with Gasteiger partial charge in [-0.05, 0) is 48.5 Å². The van der Waals surface area contributed by atoms with Crippen molar-refractivity contribution in [3.63, 3.8) is 0 Å². The summed E-state index contributed by atoms with van der Waals surface area (Å²) >= 11 is 0. The number of esters is 1. The van der Waals surface area contributed by atoms with E-state index in [-0.39, 0.29) is 17.1 Å². The molecule has 0 radical (unpaired) electrons. The maximum atomic E-state index is 12.5. The van der Waals surface area contributed by atoms with Gasteiger partial charge in [0.25, 0.3) is 5.91 Å². The summed E-state index contributed by atoms with van der Waals surface area (Å²) in [5, 5.41) is 10.9. The normalized spacial score (nSPS) is 10.5. The van der Waals surface area contributed by atoms with Gasteiger partial charge >= 0.3 is 5.97 Å². The number of azo groups is 1. The molecule has 1 amide bonds. The van der Waals surface area contributed by atoms with Gasteiger partial charge < -0.3 is 24.3 Å². The predicted molar refractivity (Wildman–Crippen MR) is 122 cm³/mol. The van der Waals surface area contributed by atoms with E-state index in [1.807, 2.05) is 30.3 Å². The summed E-state index contributed by atoms with van der Waals surface area (Å²) in [6, 6.07) is 19.1. The van der Waals surface area contributed by atoms with Crippen LogP contribution in [0.3, 0.4) is 0 Å². The van der Waals surface area contributed by atoms with Gasteiger partial charge in [0.2, 0.25) is 5.75 Å². The molecule has 0 atom stereocenters. The first-order valence-electron chi connectivity index (χ1n) is 9.88. The number of ether oxygens (including phenoxy) is 4. The fourth-order valence-electron chi connectivity index (χ4n) is 2.89. The Labute approximate surface area is 191 Å². The second-order valence-corrected chi connectivity index (χ2v) is 6.59. The topological polar surface area (TPSA) is 108 Å². The summed E-state index contributed by atoms with van der Waals surface area (Å²) < 4.78 is 20.8. The third-order valence-corrected chi connectivity index (χ3v) is 4.45. The van der Waals surface area contributed by atoms with Crippen LogP contribution in [-0.2, 0) is 9.53 Å². The van der Waals surface area contributed by atoms with Gasteiger partial charge in [-0.2, -0.15) is 10.2 Å². The summed E-state index contributed by atoms with van der Waals surface area (Å²) in [5.74, 6) is -0.428. The molecule has 0 aliphatic carbocycles. The highest BCUT2D eigenvalue weighted by molar-refractivity contribution is 5.97. The van der Waals surface area contributed by atoms with Crippen molar-refractivity contribution in [1.82, 2.24) is 0 Å². The van der Waals surface area contributed by atoms with Crippen LogP contribution in [0.2, 0.25) is 0 Å². The van der Waals surface area contributed by atoms with E-state index in [1.165, 1.54) is 27.4 Å². The van der Waals surface area contributed by atoms with Crippen molar-refractivity contribution in [2.75, 3.05) is 33.3 Å². The van der Waals surface area contributed by atoms with Crippen molar-refractivity contribution in [2.45, 2.75) is 0 Å². The third-order valence-electron chi connectivity index (χ3n) is 4.45. The average molecular weight is 449 g/mol. The molecule has 0 spiro atoms. The molecule has 0 aromatic heterocycles. The van der Waals surface area contributed by atoms with Crippen LogP contribution in [0.4, 0.5) is 17.1 Å². The molecule has 9 heteroatoms. The summed E-state index contributed by atoms with van der Waals surface area (Å²) in [6.07, 6.45) is 0. The number of carbonyl (C=O) groups is 2. The maximum Gasteiger partial charge on any atom is 0.342 e. The highest BCUT2D eigenvalue weighted by Gasteiger charge is 2.22. The Kier molecular flexibility index (Phi) is 7.96. The number of anilines is 1. The van der Waals surface area contributed by atoms with E-state index < -0.39 is 18.5 Å². The van der Waals surface area contributed by atoms with Crippen LogP contribution in [0.5, 0.6) is 17.2 Å². The number of hydrogen-bond donors (Lipinski definition) is 1. The molecule has 3 aromatic carbocycles. The number of amides is 1. The molecule has 0 fully saturated rings. The van der Waals surface area contributed by atoms with E-state index >= 15 is 0 Å². The monoisotopic (exact) mass is 449 g/mol. The molecule has 3 rings (SSSR count). The molecule has 0 saturated heterocycles. The lowest BCUT2D eigenvalue weighted by Gasteiger charge is -2.15. The zero-order chi connectivity index (χ0) is 23.6. The molecule has 0 aliphatic heterocycles. The molecule has 0 heterocycles. The lowest BCUT2D eigenvalue weighted by atomic mass is 10.1. The quantitative estimate of drug-likeness (QED) is 0.367. The van der Waals surface area contributed by atoms with E-state index in [1.54, 1.807) is 30.3 Å². The largest absolute Gasteiger partial charge is 0.493 e. The van der Waals surface area contributed by atoms with E-state index in [4.69, 9.17) is 18.9 Å². The molecule has 0 unspecified atom stereocenters. The Balaban J connectivity index is 1.57. The summed E-state index contributed by atoms with van der Waals surface area (Å²) in [7, 11) is 4.29. The van der Waals surface area contributed by atoms with Crippen molar-refractivity contribution in [3.05, 3.63) is 72.3 Å². The van der Waals surface area contributed by atoms with Gasteiger partial charge in [-0.3, -0.25) is 4.79 Å². The number of hydrogen-bond acceptors (Lipinski definition) is 8. The zero-order valence-electron chi connectivity index (χ0n) is 18.4. The van der Waals surface area contributed by atoms with Crippen molar-refractivity contribution in [3.8, 4) is 17.2 Å². The molecule has 0 saturated carbocycles. The first-order chi connectivity index (χ1) is 16.0. The molecular weight excluding hydrogens is 426 g/mol. The predicted octanol–water partition coefficient (Wildman–Crippen LogP) is 4.92. The smallest absolute Gasteiger partial charge is 0.342 e. The minimum absolute atomic E-state index is 0.107. The number of nitrogens with one attached hydrogen (secondary N) is 1. The highest BCUT2D eigenvalue weighted by atomic mass is 16.5. The molecule has 33 heavy (non-hydrogen) atoms. The number of methoxy groups -OCH3 is 3. The molecule has 170 valence electrons. The standard InChI is InChI=1S/C24H23N3O6/c1-30-20-14-13-19(22(31-2)23(20)32-3)24(29)33-15-21(28)25-16-9-11-18(12-10-16)27-26-17-7-5-4-6-8-17/h4-14H,15H2,1-3H3,(H,25,28). The van der Waals surface area contributed by atoms with Gasteiger partial charge in [-0.25, -0.2) is 4.79 Å². The van der Waals surface area contributed by atoms with Gasteiger partial charge in [0, 0.05) is 5.69 Å². The average Bonchev–Trinajstić information content (AvgIpc) is 2.86. The second kappa shape index (κ2) is 11.3. The SMILES string of the molecule is COc1ccc(C(=O)OCC(=O)Nc2ccc(N=Nc3ccccc3)cc2)c(OC)c1OC. The molecule has 0 aliphatic rings. The van der Waals surface area contributed by atoms with Gasteiger partial charge in [0.1, 0.15) is 5.56 Å². The number of carbonyl (C=O) groups excluding carboxylic acids is 2. The number of nitrogens with zero attached hydrogens (tertiary/aromatic N) is 2. The lowest BCUT2D eigenvalue weighted by molar-refractivity contribution is -0.119. The van der Waals surface area contributed by atoms with E-state index in [0.29, 0.717) is 17.1 Å². The van der Waals surface area contributed by atoms with Gasteiger partial charge in [-0.15, -0.1) is 0 Å². The number of rotatable bonds is 9. The maximum absolute atomic E-state index is 12.5. The summed E-state index contributed by atoms with van der Waals surface area (Å²) in [4.78, 5) is 24.7. The van der Waals surface area contributed by atoms with Crippen molar-refractivity contribution < 1.29 is 28.5 Å². The van der Waals surface area contributed by atoms with Crippen LogP contribution in [0.1, 0.15) is 10.4 Å². The first kappa shape index (κ1) is 23.3. The molecule has 0 bridgehead atoms. The Morgan fingerprint density at radius 3 is 2.00 bits per heavy atom. The first-order valence-corrected chi connectivity index (χ1v) is 9.88. The number of benzene rings is 3. The molecular formula is C24H23N3O6. The second-order valence-electron chi connectivity index (χ2n) is 6.59. The van der Waals surface area contributed by atoms with Crippen LogP contribution in [0.25, 0.3) is 0 Å². The molecule has 1 N–H and O–H groups in total. The fraction of sp³-hybridized carbons (Fsp3) is 0.167. The van der Waals surface area contributed by atoms with Gasteiger partial charge in [-0.1, -0.05) is 18.2 Å².